The summed E-state index contributed by atoms with van der Waals surface area (Å²) in [5.41, 5.74) is 0. The van der Waals surface area contributed by atoms with Crippen LogP contribution in [0.5, 0.6) is 0 Å². The smallest absolute Gasteiger partial charge is 0.236 e. The largest absolute Gasteiger partial charge is 0.495 e. The monoisotopic (exact) mass is 153 g/mol. The number of carbonyl (C=O) groups is 1. The number of carbonyl (C=O) groups excluding carboxylic acids is 1. The molecule has 0 saturated carbocycles. The van der Waals surface area contributed by atoms with Gasteiger partial charge in [-0.25, -0.2) is 0 Å². The molecule has 1 aliphatic heterocycles. The number of likely N-dealkylation sites (tertiary alicyclic amines) is 1. The number of amides is 1. The molecule has 1 fully saturated rings. The molecule has 60 valence electrons. The van der Waals surface area contributed by atoms with Crippen LogP contribution in [0.1, 0.15) is 6.42 Å². The van der Waals surface area contributed by atoms with Gasteiger partial charge in [0.05, 0.1) is 5.92 Å². The van der Waals surface area contributed by atoms with Gasteiger partial charge in [0.1, 0.15) is 0 Å². The average Bonchev–Trinajstić information content (AvgIpc) is 2.30. The van der Waals surface area contributed by atoms with Crippen molar-refractivity contribution in [3.05, 3.63) is 25.1 Å². The lowest BCUT2D eigenvalue weighted by molar-refractivity contribution is -0.129. The fourth-order valence-electron chi connectivity index (χ4n) is 1.18. The maximum Gasteiger partial charge on any atom is 0.236 e. The van der Waals surface area contributed by atoms with E-state index in [1.165, 1.54) is 4.90 Å². The van der Waals surface area contributed by atoms with E-state index in [1.807, 2.05) is 0 Å². The quantitative estimate of drug-likeness (QED) is 0.476. The second kappa shape index (κ2) is 2.78. The lowest BCUT2D eigenvalue weighted by Gasteiger charge is -2.12. The van der Waals surface area contributed by atoms with Gasteiger partial charge in [0.15, 0.2) is 5.88 Å². The molecule has 3 nitrogen and oxygen atoms in total. The van der Waals surface area contributed by atoms with Gasteiger partial charge in [-0.3, -0.25) is 9.69 Å². The zero-order valence-electron chi connectivity index (χ0n) is 6.29. The van der Waals surface area contributed by atoms with Crippen molar-refractivity contribution in [2.24, 2.45) is 5.92 Å². The minimum Gasteiger partial charge on any atom is -0.495 e. The molecular weight excluding hydrogens is 142 g/mol. The third kappa shape index (κ3) is 1.27. The molecule has 11 heavy (non-hydrogen) atoms. The summed E-state index contributed by atoms with van der Waals surface area (Å²) in [6.45, 7) is 7.36. The molecule has 0 aromatic carbocycles. The van der Waals surface area contributed by atoms with Crippen molar-refractivity contribution in [2.75, 3.05) is 6.54 Å². The molecule has 0 bridgehead atoms. The Morgan fingerprint density at radius 1 is 1.82 bits per heavy atom. The lowest BCUT2D eigenvalue weighted by atomic mass is 10.1. The van der Waals surface area contributed by atoms with Crippen LogP contribution in [0.3, 0.4) is 0 Å². The summed E-state index contributed by atoms with van der Waals surface area (Å²) in [4.78, 5) is 12.5. The zero-order chi connectivity index (χ0) is 8.43. The molecule has 1 aliphatic rings. The fourth-order valence-corrected chi connectivity index (χ4v) is 1.18. The number of rotatable bonds is 2. The normalized spacial score (nSPS) is 23.8. The van der Waals surface area contributed by atoms with Gasteiger partial charge in [0.25, 0.3) is 0 Å². The average molecular weight is 153 g/mol. The van der Waals surface area contributed by atoms with Crippen molar-refractivity contribution in [3.63, 3.8) is 0 Å². The van der Waals surface area contributed by atoms with Gasteiger partial charge < -0.3 is 5.11 Å². The van der Waals surface area contributed by atoms with E-state index in [2.05, 4.69) is 13.2 Å². The highest BCUT2D eigenvalue weighted by Gasteiger charge is 2.30. The van der Waals surface area contributed by atoms with Gasteiger partial charge in [0, 0.05) is 6.54 Å². The Bertz CT molecular complexity index is 210. The summed E-state index contributed by atoms with van der Waals surface area (Å²) in [5.74, 6) is -0.411. The first-order valence-corrected chi connectivity index (χ1v) is 3.48. The Hall–Kier alpha value is -1.25. The molecule has 1 atom stereocenters. The third-order valence-electron chi connectivity index (χ3n) is 1.84. The van der Waals surface area contributed by atoms with Gasteiger partial charge in [-0.1, -0.05) is 6.08 Å². The second-order valence-electron chi connectivity index (χ2n) is 2.54. The van der Waals surface area contributed by atoms with Gasteiger partial charge >= 0.3 is 0 Å². The number of aliphatic hydroxyl groups is 1. The minimum atomic E-state index is -0.167. The molecule has 0 aliphatic carbocycles. The highest BCUT2D eigenvalue weighted by molar-refractivity contribution is 5.83. The predicted molar refractivity (Wildman–Crippen MR) is 41.8 cm³/mol. The minimum absolute atomic E-state index is 0.104. The molecule has 3 heteroatoms. The molecular formula is C8H11NO2. The summed E-state index contributed by atoms with van der Waals surface area (Å²) in [7, 11) is 0. The second-order valence-corrected chi connectivity index (χ2v) is 2.54. The van der Waals surface area contributed by atoms with Crippen LogP contribution in [0, 0.1) is 5.92 Å². The molecule has 1 amide bonds. The van der Waals surface area contributed by atoms with E-state index in [0.29, 0.717) is 6.54 Å². The molecule has 1 rings (SSSR count). The van der Waals surface area contributed by atoms with E-state index in [4.69, 9.17) is 5.11 Å². The van der Waals surface area contributed by atoms with Crippen LogP contribution in [0.4, 0.5) is 0 Å². The topological polar surface area (TPSA) is 40.5 Å². The maximum absolute atomic E-state index is 11.2. The summed E-state index contributed by atoms with van der Waals surface area (Å²) in [5, 5.41) is 8.91. The Balaban J connectivity index is 2.70. The van der Waals surface area contributed by atoms with E-state index in [9.17, 15) is 4.79 Å². The zero-order valence-corrected chi connectivity index (χ0v) is 6.29. The lowest BCUT2D eigenvalue weighted by Crippen LogP contribution is -2.25. The van der Waals surface area contributed by atoms with Gasteiger partial charge in [-0.05, 0) is 13.0 Å². The molecule has 0 aromatic rings. The molecule has 1 saturated heterocycles. The van der Waals surface area contributed by atoms with Crippen LogP contribution >= 0.6 is 0 Å². The molecule has 1 heterocycles. The first-order valence-electron chi connectivity index (χ1n) is 3.48. The number of hydrogen-bond acceptors (Lipinski definition) is 2. The van der Waals surface area contributed by atoms with Crippen molar-refractivity contribution in [2.45, 2.75) is 6.42 Å². The van der Waals surface area contributed by atoms with Gasteiger partial charge in [-0.15, -0.1) is 6.58 Å². The molecule has 1 unspecified atom stereocenters. The van der Waals surface area contributed by atoms with Crippen molar-refractivity contribution < 1.29 is 9.90 Å². The Kier molecular flexibility index (Phi) is 1.98. The van der Waals surface area contributed by atoms with Crippen LogP contribution in [0.25, 0.3) is 0 Å². The first kappa shape index (κ1) is 7.85. The van der Waals surface area contributed by atoms with Crippen molar-refractivity contribution >= 4 is 5.91 Å². The maximum atomic E-state index is 11.2. The van der Waals surface area contributed by atoms with Crippen molar-refractivity contribution in [3.8, 4) is 0 Å². The summed E-state index contributed by atoms with van der Waals surface area (Å²) in [6, 6.07) is 0. The fraction of sp³-hybridized carbons (Fsp3) is 0.375. The van der Waals surface area contributed by atoms with Gasteiger partial charge in [0.2, 0.25) is 5.91 Å². The van der Waals surface area contributed by atoms with E-state index >= 15 is 0 Å². The van der Waals surface area contributed by atoms with E-state index < -0.39 is 0 Å². The van der Waals surface area contributed by atoms with E-state index in [0.717, 1.165) is 6.42 Å². The summed E-state index contributed by atoms with van der Waals surface area (Å²) >= 11 is 0. The number of hydrogen-bond donors (Lipinski definition) is 1. The van der Waals surface area contributed by atoms with Crippen molar-refractivity contribution in [1.82, 2.24) is 4.90 Å². The molecule has 0 aromatic heterocycles. The van der Waals surface area contributed by atoms with Crippen LogP contribution in [-0.2, 0) is 4.79 Å². The molecule has 1 N–H and O–H groups in total. The summed E-state index contributed by atoms with van der Waals surface area (Å²) in [6.07, 6.45) is 2.33. The first-order chi connectivity index (χ1) is 5.16. The third-order valence-corrected chi connectivity index (χ3v) is 1.84. The highest BCUT2D eigenvalue weighted by atomic mass is 16.3. The Labute approximate surface area is 65.6 Å². The number of nitrogens with zero attached hydrogens (tertiary/aromatic N) is 1. The Morgan fingerprint density at radius 2 is 2.45 bits per heavy atom. The highest BCUT2D eigenvalue weighted by Crippen LogP contribution is 2.20. The van der Waals surface area contributed by atoms with Crippen LogP contribution < -0.4 is 0 Å². The Morgan fingerprint density at radius 3 is 2.73 bits per heavy atom. The van der Waals surface area contributed by atoms with Gasteiger partial charge in [-0.2, -0.15) is 0 Å². The predicted octanol–water partition coefficient (Wildman–Crippen LogP) is 1.05. The van der Waals surface area contributed by atoms with E-state index in [1.54, 1.807) is 6.08 Å². The summed E-state index contributed by atoms with van der Waals surface area (Å²) < 4.78 is 0. The van der Waals surface area contributed by atoms with Crippen LogP contribution in [0.2, 0.25) is 0 Å². The SMILES string of the molecule is C=CC1CCN(C(=C)O)C1=O. The molecule has 0 radical (unpaired) electrons. The van der Waals surface area contributed by atoms with Crippen LogP contribution in [-0.4, -0.2) is 22.5 Å². The number of aliphatic hydroxyl groups excluding tert-OH is 1. The standard InChI is InChI=1S/C8H11NO2/c1-3-7-4-5-9(6(2)10)8(7)11/h3,7,10H,1-2,4-5H2. The van der Waals surface area contributed by atoms with E-state index in [-0.39, 0.29) is 17.7 Å². The van der Waals surface area contributed by atoms with Crippen LogP contribution in [0.15, 0.2) is 25.1 Å². The van der Waals surface area contributed by atoms with Crippen molar-refractivity contribution in [1.29, 1.82) is 0 Å². The molecule has 0 spiro atoms.